The van der Waals surface area contributed by atoms with Crippen LogP contribution in [0.5, 0.6) is 0 Å². The zero-order valence-corrected chi connectivity index (χ0v) is 9.60. The van der Waals surface area contributed by atoms with Crippen LogP contribution in [0.4, 0.5) is 5.82 Å². The van der Waals surface area contributed by atoms with Gasteiger partial charge in [-0.3, -0.25) is 4.79 Å². The molecule has 2 rings (SSSR count). The third-order valence-electron chi connectivity index (χ3n) is 3.23. The Hall–Kier alpha value is -1.57. The van der Waals surface area contributed by atoms with Crippen LogP contribution in [-0.2, 0) is 0 Å². The lowest BCUT2D eigenvalue weighted by Gasteiger charge is -2.18. The van der Waals surface area contributed by atoms with Crippen LogP contribution in [0.15, 0.2) is 12.5 Å². The van der Waals surface area contributed by atoms with Crippen molar-refractivity contribution in [2.75, 3.05) is 11.9 Å². The molecule has 0 radical (unpaired) electrons. The smallest absolute Gasteiger partial charge is 0.155 e. The van der Waals surface area contributed by atoms with Crippen molar-refractivity contribution in [3.8, 4) is 0 Å². The van der Waals surface area contributed by atoms with Gasteiger partial charge in [0.2, 0.25) is 0 Å². The van der Waals surface area contributed by atoms with E-state index < -0.39 is 18.2 Å². The van der Waals surface area contributed by atoms with Crippen molar-refractivity contribution < 1.29 is 20.1 Å². The van der Waals surface area contributed by atoms with Gasteiger partial charge in [0, 0.05) is 18.7 Å². The van der Waals surface area contributed by atoms with E-state index in [1.54, 1.807) is 0 Å². The van der Waals surface area contributed by atoms with E-state index in [0.29, 0.717) is 18.5 Å². The van der Waals surface area contributed by atoms with Gasteiger partial charge in [0.05, 0.1) is 17.7 Å². The van der Waals surface area contributed by atoms with Crippen molar-refractivity contribution in [3.05, 3.63) is 18.1 Å². The number of aliphatic hydroxyl groups excluding tert-OH is 3. The van der Waals surface area contributed by atoms with Gasteiger partial charge in [-0.25, -0.2) is 9.97 Å². The summed E-state index contributed by atoms with van der Waals surface area (Å²) in [6.45, 7) is -0.194. The minimum atomic E-state index is -1.00. The first-order chi connectivity index (χ1) is 8.67. The van der Waals surface area contributed by atoms with E-state index in [9.17, 15) is 15.0 Å². The highest BCUT2D eigenvalue weighted by molar-refractivity contribution is 5.81. The Balaban J connectivity index is 2.12. The van der Waals surface area contributed by atoms with Crippen molar-refractivity contribution in [1.82, 2.24) is 9.97 Å². The van der Waals surface area contributed by atoms with Crippen LogP contribution in [0.25, 0.3) is 0 Å². The molecule has 18 heavy (non-hydrogen) atoms. The second kappa shape index (κ2) is 5.38. The SMILES string of the molecule is O=Cc1cncnc1N[C@@H]1C[C@H](CO)[C@@H](O)[C@@H]1O. The molecule has 1 aromatic rings. The number of aromatic nitrogens is 2. The molecule has 0 aromatic carbocycles. The van der Waals surface area contributed by atoms with Crippen LogP contribution >= 0.6 is 0 Å². The Kier molecular flexibility index (Phi) is 3.85. The van der Waals surface area contributed by atoms with Gasteiger partial charge in [-0.1, -0.05) is 0 Å². The first kappa shape index (κ1) is 12.9. The number of aldehydes is 1. The normalized spacial score (nSPS) is 31.3. The number of carbonyl (C=O) groups is 1. The molecule has 1 saturated carbocycles. The molecule has 0 unspecified atom stereocenters. The van der Waals surface area contributed by atoms with E-state index in [1.807, 2.05) is 0 Å². The Morgan fingerprint density at radius 2 is 2.22 bits per heavy atom. The molecule has 0 amide bonds. The Morgan fingerprint density at radius 1 is 1.44 bits per heavy atom. The molecule has 7 heteroatoms. The second-order valence-electron chi connectivity index (χ2n) is 4.35. The summed E-state index contributed by atoms with van der Waals surface area (Å²) in [7, 11) is 0. The quantitative estimate of drug-likeness (QED) is 0.498. The van der Waals surface area contributed by atoms with Crippen LogP contribution in [0.3, 0.4) is 0 Å². The van der Waals surface area contributed by atoms with Gasteiger partial charge in [0.25, 0.3) is 0 Å². The number of hydrogen-bond acceptors (Lipinski definition) is 7. The van der Waals surface area contributed by atoms with Crippen molar-refractivity contribution in [3.63, 3.8) is 0 Å². The molecule has 0 saturated heterocycles. The lowest BCUT2D eigenvalue weighted by Crippen LogP contribution is -2.35. The van der Waals surface area contributed by atoms with Gasteiger partial charge in [-0.2, -0.15) is 0 Å². The zero-order valence-electron chi connectivity index (χ0n) is 9.60. The van der Waals surface area contributed by atoms with E-state index in [0.717, 1.165) is 0 Å². The fourth-order valence-corrected chi connectivity index (χ4v) is 2.17. The number of rotatable bonds is 4. The van der Waals surface area contributed by atoms with Gasteiger partial charge in [0.15, 0.2) is 6.29 Å². The summed E-state index contributed by atoms with van der Waals surface area (Å²) >= 11 is 0. The Morgan fingerprint density at radius 3 is 2.83 bits per heavy atom. The summed E-state index contributed by atoms with van der Waals surface area (Å²) in [6.07, 6.45) is 1.69. The van der Waals surface area contributed by atoms with Crippen LogP contribution < -0.4 is 5.32 Å². The highest BCUT2D eigenvalue weighted by atomic mass is 16.3. The lowest BCUT2D eigenvalue weighted by molar-refractivity contribution is 0.00445. The molecule has 1 aliphatic carbocycles. The van der Waals surface area contributed by atoms with Crippen LogP contribution in [0, 0.1) is 5.92 Å². The van der Waals surface area contributed by atoms with E-state index in [-0.39, 0.29) is 18.1 Å². The number of aliphatic hydroxyl groups is 3. The molecule has 1 heterocycles. The van der Waals surface area contributed by atoms with Gasteiger partial charge in [0.1, 0.15) is 18.2 Å². The number of nitrogens with zero attached hydrogens (tertiary/aromatic N) is 2. The van der Waals surface area contributed by atoms with Crippen molar-refractivity contribution in [2.45, 2.75) is 24.7 Å². The predicted molar refractivity (Wildman–Crippen MR) is 62.0 cm³/mol. The molecule has 1 fully saturated rings. The van der Waals surface area contributed by atoms with Crippen LogP contribution in [0.1, 0.15) is 16.8 Å². The Labute approximate surface area is 104 Å². The number of carbonyl (C=O) groups excluding carboxylic acids is 1. The number of anilines is 1. The molecule has 98 valence electrons. The molecule has 1 aromatic heterocycles. The van der Waals surface area contributed by atoms with Crippen molar-refractivity contribution in [2.24, 2.45) is 5.92 Å². The fourth-order valence-electron chi connectivity index (χ4n) is 2.17. The predicted octanol–water partition coefficient (Wildman–Crippen LogP) is -1.20. The summed E-state index contributed by atoms with van der Waals surface area (Å²) in [5, 5.41) is 31.5. The maximum Gasteiger partial charge on any atom is 0.155 e. The maximum atomic E-state index is 10.8. The van der Waals surface area contributed by atoms with Crippen molar-refractivity contribution in [1.29, 1.82) is 0 Å². The molecule has 0 bridgehead atoms. The maximum absolute atomic E-state index is 10.8. The lowest BCUT2D eigenvalue weighted by atomic mass is 10.1. The molecular formula is C11H15N3O4. The first-order valence-corrected chi connectivity index (χ1v) is 5.66. The Bertz CT molecular complexity index is 429. The highest BCUT2D eigenvalue weighted by Gasteiger charge is 2.41. The largest absolute Gasteiger partial charge is 0.396 e. The molecule has 7 nitrogen and oxygen atoms in total. The topological polar surface area (TPSA) is 116 Å². The summed E-state index contributed by atoms with van der Waals surface area (Å²) in [5.74, 6) is -0.0612. The van der Waals surface area contributed by atoms with Gasteiger partial charge in [-0.15, -0.1) is 0 Å². The van der Waals surface area contributed by atoms with E-state index >= 15 is 0 Å². The van der Waals surface area contributed by atoms with E-state index in [2.05, 4.69) is 15.3 Å². The number of nitrogens with one attached hydrogen (secondary N) is 1. The summed E-state index contributed by atoms with van der Waals surface area (Å²) in [6, 6.07) is -0.453. The molecule has 0 spiro atoms. The summed E-state index contributed by atoms with van der Waals surface area (Å²) < 4.78 is 0. The minimum Gasteiger partial charge on any atom is -0.396 e. The minimum absolute atomic E-state index is 0.194. The van der Waals surface area contributed by atoms with E-state index in [1.165, 1.54) is 12.5 Å². The third kappa shape index (κ3) is 2.33. The third-order valence-corrected chi connectivity index (χ3v) is 3.23. The molecular weight excluding hydrogens is 238 g/mol. The van der Waals surface area contributed by atoms with Crippen LogP contribution in [-0.4, -0.2) is 56.4 Å². The van der Waals surface area contributed by atoms with Gasteiger partial charge in [-0.05, 0) is 6.42 Å². The second-order valence-corrected chi connectivity index (χ2v) is 4.35. The standard InChI is InChI=1S/C11H15N3O4/c15-3-6-1-8(10(18)9(6)17)14-11-7(4-16)2-12-5-13-11/h2,4-6,8-10,15,17-18H,1,3H2,(H,12,13,14)/t6-,8-,9-,10-/m1/s1. The molecule has 1 aliphatic rings. The highest BCUT2D eigenvalue weighted by Crippen LogP contribution is 2.28. The van der Waals surface area contributed by atoms with E-state index in [4.69, 9.17) is 5.11 Å². The first-order valence-electron chi connectivity index (χ1n) is 5.66. The molecule has 4 N–H and O–H groups in total. The van der Waals surface area contributed by atoms with Gasteiger partial charge < -0.3 is 20.6 Å². The summed E-state index contributed by atoms with van der Waals surface area (Å²) in [5.41, 5.74) is 0.284. The average Bonchev–Trinajstić information content (AvgIpc) is 2.67. The summed E-state index contributed by atoms with van der Waals surface area (Å²) in [4.78, 5) is 18.4. The number of hydrogen-bond donors (Lipinski definition) is 4. The zero-order chi connectivity index (χ0) is 13.1. The monoisotopic (exact) mass is 253 g/mol. The molecule has 0 aliphatic heterocycles. The average molecular weight is 253 g/mol. The molecule has 4 atom stereocenters. The van der Waals surface area contributed by atoms with Crippen LogP contribution in [0.2, 0.25) is 0 Å². The fraction of sp³-hybridized carbons (Fsp3) is 0.545. The van der Waals surface area contributed by atoms with Gasteiger partial charge >= 0.3 is 0 Å². The van der Waals surface area contributed by atoms with Crippen molar-refractivity contribution >= 4 is 12.1 Å².